The lowest BCUT2D eigenvalue weighted by Crippen LogP contribution is -2.28. The van der Waals surface area contributed by atoms with E-state index in [4.69, 9.17) is 4.74 Å². The molecule has 3 rings (SSSR count). The highest BCUT2D eigenvalue weighted by atomic mass is 16.5. The molecule has 1 aliphatic rings. The highest BCUT2D eigenvalue weighted by molar-refractivity contribution is 5.77. The largest absolute Gasteiger partial charge is 0.484 e. The van der Waals surface area contributed by atoms with Crippen molar-refractivity contribution < 1.29 is 9.53 Å². The van der Waals surface area contributed by atoms with Crippen molar-refractivity contribution in [3.63, 3.8) is 0 Å². The number of aromatic nitrogens is 2. The summed E-state index contributed by atoms with van der Waals surface area (Å²) in [7, 11) is 0. The molecule has 120 valence electrons. The lowest BCUT2D eigenvalue weighted by Gasteiger charge is -2.09. The average molecular weight is 311 g/mol. The normalized spacial score (nSPS) is 13.7. The number of ether oxygens (including phenoxy) is 1. The highest BCUT2D eigenvalue weighted by Gasteiger charge is 2.25. The number of nitrogens with zero attached hydrogens (tertiary/aromatic N) is 2. The van der Waals surface area contributed by atoms with Gasteiger partial charge in [-0.3, -0.25) is 4.79 Å². The van der Waals surface area contributed by atoms with Crippen LogP contribution in [0.2, 0.25) is 0 Å². The Balaban J connectivity index is 1.47. The van der Waals surface area contributed by atoms with Crippen LogP contribution in [0.5, 0.6) is 5.75 Å². The molecule has 1 fully saturated rings. The number of hydrogen-bond donors (Lipinski definition) is 1. The van der Waals surface area contributed by atoms with E-state index < -0.39 is 0 Å². The molecule has 0 unspecified atom stereocenters. The fourth-order valence-electron chi connectivity index (χ4n) is 2.31. The molecule has 1 aliphatic carbocycles. The van der Waals surface area contributed by atoms with Crippen LogP contribution in [0.15, 0.2) is 30.6 Å². The number of hydrogen-bond acceptors (Lipinski definition) is 4. The predicted octanol–water partition coefficient (Wildman–Crippen LogP) is 2.67. The molecule has 1 saturated carbocycles. The maximum Gasteiger partial charge on any atom is 0.258 e. The topological polar surface area (TPSA) is 64.1 Å². The lowest BCUT2D eigenvalue weighted by atomic mass is 10.1. The third-order valence-electron chi connectivity index (χ3n) is 4.06. The van der Waals surface area contributed by atoms with E-state index in [9.17, 15) is 4.79 Å². The van der Waals surface area contributed by atoms with E-state index in [2.05, 4.69) is 15.3 Å². The van der Waals surface area contributed by atoms with E-state index in [1.165, 1.54) is 18.4 Å². The number of benzene rings is 1. The summed E-state index contributed by atoms with van der Waals surface area (Å²) >= 11 is 0. The van der Waals surface area contributed by atoms with Crippen molar-refractivity contribution in [3.8, 4) is 5.75 Å². The Hall–Kier alpha value is -2.43. The molecule has 0 aliphatic heterocycles. The van der Waals surface area contributed by atoms with Crippen molar-refractivity contribution >= 4 is 5.91 Å². The number of rotatable bonds is 6. The van der Waals surface area contributed by atoms with Crippen LogP contribution < -0.4 is 10.1 Å². The highest BCUT2D eigenvalue weighted by Crippen LogP contribution is 2.38. The molecule has 0 saturated heterocycles. The quantitative estimate of drug-likeness (QED) is 0.891. The minimum Gasteiger partial charge on any atom is -0.484 e. The second-order valence-electron chi connectivity index (χ2n) is 6.02. The van der Waals surface area contributed by atoms with Gasteiger partial charge < -0.3 is 10.1 Å². The van der Waals surface area contributed by atoms with Crippen molar-refractivity contribution in [1.29, 1.82) is 0 Å². The zero-order valence-electron chi connectivity index (χ0n) is 13.5. The zero-order chi connectivity index (χ0) is 16.2. The first-order chi connectivity index (χ1) is 11.1. The van der Waals surface area contributed by atoms with Gasteiger partial charge in [-0.05, 0) is 56.0 Å². The number of nitrogens with one attached hydrogen (secondary N) is 1. The minimum absolute atomic E-state index is 0.00304. The van der Waals surface area contributed by atoms with Crippen LogP contribution in [0.4, 0.5) is 0 Å². The van der Waals surface area contributed by atoms with Crippen molar-refractivity contribution in [2.24, 2.45) is 0 Å². The van der Waals surface area contributed by atoms with Crippen LogP contribution in [-0.4, -0.2) is 22.5 Å². The smallest absolute Gasteiger partial charge is 0.258 e. The molecule has 0 radical (unpaired) electrons. The van der Waals surface area contributed by atoms with Gasteiger partial charge in [-0.25, -0.2) is 9.97 Å². The summed E-state index contributed by atoms with van der Waals surface area (Å²) in [6.45, 7) is 4.47. The molecule has 1 heterocycles. The summed E-state index contributed by atoms with van der Waals surface area (Å²) in [5, 5.41) is 2.83. The van der Waals surface area contributed by atoms with Crippen LogP contribution in [0.1, 0.15) is 41.3 Å². The number of carbonyl (C=O) groups is 1. The Labute approximate surface area is 136 Å². The van der Waals surface area contributed by atoms with Crippen molar-refractivity contribution in [1.82, 2.24) is 15.3 Å². The van der Waals surface area contributed by atoms with Crippen LogP contribution in [0.3, 0.4) is 0 Å². The Bertz CT molecular complexity index is 711. The Morgan fingerprint density at radius 2 is 2.04 bits per heavy atom. The van der Waals surface area contributed by atoms with Gasteiger partial charge in [0, 0.05) is 11.6 Å². The van der Waals surface area contributed by atoms with Crippen LogP contribution in [0, 0.1) is 13.8 Å². The van der Waals surface area contributed by atoms with Gasteiger partial charge in [-0.1, -0.05) is 6.07 Å². The second kappa shape index (κ2) is 6.77. The molecule has 0 bridgehead atoms. The maximum atomic E-state index is 11.9. The average Bonchev–Trinajstić information content (AvgIpc) is 3.39. The number of aryl methyl sites for hydroxylation is 2. The fourth-order valence-corrected chi connectivity index (χ4v) is 2.31. The van der Waals surface area contributed by atoms with Gasteiger partial charge in [0.05, 0.1) is 12.2 Å². The summed E-state index contributed by atoms with van der Waals surface area (Å²) in [5.74, 6) is 1.14. The predicted molar refractivity (Wildman–Crippen MR) is 87.3 cm³/mol. The molecular weight excluding hydrogens is 290 g/mol. The molecule has 5 nitrogen and oxygen atoms in total. The fraction of sp³-hybridized carbons (Fsp3) is 0.389. The second-order valence-corrected chi connectivity index (χ2v) is 6.02. The van der Waals surface area contributed by atoms with Gasteiger partial charge in [0.25, 0.3) is 5.91 Å². The summed E-state index contributed by atoms with van der Waals surface area (Å²) in [6, 6.07) is 7.78. The Morgan fingerprint density at radius 1 is 1.22 bits per heavy atom. The van der Waals surface area contributed by atoms with E-state index in [0.29, 0.717) is 18.2 Å². The maximum absolute atomic E-state index is 11.9. The molecule has 1 amide bonds. The molecule has 1 aromatic carbocycles. The van der Waals surface area contributed by atoms with E-state index in [1.807, 2.05) is 38.1 Å². The summed E-state index contributed by atoms with van der Waals surface area (Å²) in [5.41, 5.74) is 4.27. The lowest BCUT2D eigenvalue weighted by molar-refractivity contribution is -0.123. The molecule has 23 heavy (non-hydrogen) atoms. The standard InChI is InChI=1S/C18H21N3O2/c1-12-3-6-16(7-13(12)2)23-10-18(22)19-9-15-8-17(14-4-5-14)21-11-20-15/h3,6-8,11,14H,4-5,9-10H2,1-2H3,(H,19,22). The Kier molecular flexibility index (Phi) is 4.55. The van der Waals surface area contributed by atoms with Gasteiger partial charge in [0.15, 0.2) is 6.61 Å². The van der Waals surface area contributed by atoms with Crippen LogP contribution >= 0.6 is 0 Å². The summed E-state index contributed by atoms with van der Waals surface area (Å²) < 4.78 is 5.52. The monoisotopic (exact) mass is 311 g/mol. The Morgan fingerprint density at radius 3 is 2.78 bits per heavy atom. The van der Waals surface area contributed by atoms with Crippen LogP contribution in [0.25, 0.3) is 0 Å². The molecular formula is C18H21N3O2. The van der Waals surface area contributed by atoms with Gasteiger partial charge in [0.1, 0.15) is 12.1 Å². The van der Waals surface area contributed by atoms with Gasteiger partial charge in [-0.15, -0.1) is 0 Å². The molecule has 2 aromatic rings. The third kappa shape index (κ3) is 4.28. The molecule has 1 aromatic heterocycles. The minimum atomic E-state index is -0.158. The molecule has 0 atom stereocenters. The zero-order valence-corrected chi connectivity index (χ0v) is 13.5. The van der Waals surface area contributed by atoms with Crippen molar-refractivity contribution in [2.45, 2.75) is 39.2 Å². The molecule has 1 N–H and O–H groups in total. The number of amides is 1. The van der Waals surface area contributed by atoms with Crippen LogP contribution in [-0.2, 0) is 11.3 Å². The van der Waals surface area contributed by atoms with Gasteiger partial charge in [0.2, 0.25) is 0 Å². The third-order valence-corrected chi connectivity index (χ3v) is 4.06. The van der Waals surface area contributed by atoms with E-state index in [-0.39, 0.29) is 12.5 Å². The summed E-state index contributed by atoms with van der Waals surface area (Å²) in [4.78, 5) is 20.4. The van der Waals surface area contributed by atoms with Gasteiger partial charge in [-0.2, -0.15) is 0 Å². The molecule has 0 spiro atoms. The van der Waals surface area contributed by atoms with E-state index >= 15 is 0 Å². The van der Waals surface area contributed by atoms with Crippen molar-refractivity contribution in [3.05, 3.63) is 53.1 Å². The summed E-state index contributed by atoms with van der Waals surface area (Å²) in [6.07, 6.45) is 3.97. The number of carbonyl (C=O) groups excluding carboxylic acids is 1. The first kappa shape index (κ1) is 15.5. The van der Waals surface area contributed by atoms with E-state index in [0.717, 1.165) is 17.0 Å². The first-order valence-electron chi connectivity index (χ1n) is 7.89. The molecule has 5 heteroatoms. The van der Waals surface area contributed by atoms with Crippen molar-refractivity contribution in [2.75, 3.05) is 6.61 Å². The SMILES string of the molecule is Cc1ccc(OCC(=O)NCc2cc(C3CC3)ncn2)cc1C. The van der Waals surface area contributed by atoms with E-state index in [1.54, 1.807) is 6.33 Å². The first-order valence-corrected chi connectivity index (χ1v) is 7.89. The van der Waals surface area contributed by atoms with Gasteiger partial charge >= 0.3 is 0 Å².